The Kier molecular flexibility index (Phi) is 4.85. The van der Waals surface area contributed by atoms with Crippen LogP contribution in [0.1, 0.15) is 0 Å². The summed E-state index contributed by atoms with van der Waals surface area (Å²) in [5.41, 5.74) is 7.45. The Balaban J connectivity index is 1.61. The molecule has 5 heteroatoms. The Hall–Kier alpha value is -4.77. The van der Waals surface area contributed by atoms with Gasteiger partial charge in [0, 0.05) is 29.2 Å². The molecule has 0 aliphatic rings. The lowest BCUT2D eigenvalue weighted by molar-refractivity contribution is 0.474. The normalized spacial score (nSPS) is 11.1. The topological polar surface area (TPSA) is 63.8 Å². The maximum atomic E-state index is 10.6. The lowest BCUT2D eigenvalue weighted by Gasteiger charge is -2.10. The summed E-state index contributed by atoms with van der Waals surface area (Å²) in [6.45, 7) is 0. The molecule has 3 heterocycles. The van der Waals surface area contributed by atoms with Crippen molar-refractivity contribution in [3.63, 3.8) is 0 Å². The minimum Gasteiger partial charge on any atom is -0.506 e. The third kappa shape index (κ3) is 3.40. The molecule has 0 unspecified atom stereocenters. The molecular formula is C29H20N4O. The minimum atomic E-state index is 0.0914. The van der Waals surface area contributed by atoms with Crippen LogP contribution in [0.15, 0.2) is 116 Å². The van der Waals surface area contributed by atoms with Gasteiger partial charge in [-0.25, -0.2) is 4.98 Å². The highest BCUT2D eigenvalue weighted by molar-refractivity contribution is 5.96. The first kappa shape index (κ1) is 19.9. The molecule has 3 aromatic heterocycles. The molecule has 0 atom stereocenters. The average molecular weight is 441 g/mol. The highest BCUT2D eigenvalue weighted by atomic mass is 16.3. The van der Waals surface area contributed by atoms with Crippen LogP contribution >= 0.6 is 0 Å². The van der Waals surface area contributed by atoms with E-state index in [0.717, 1.165) is 39.1 Å². The van der Waals surface area contributed by atoms with E-state index in [1.54, 1.807) is 18.5 Å². The third-order valence-corrected chi connectivity index (χ3v) is 5.87. The largest absolute Gasteiger partial charge is 0.506 e. The van der Waals surface area contributed by atoms with Gasteiger partial charge in [0.25, 0.3) is 0 Å². The Bertz CT molecular complexity index is 1610. The van der Waals surface area contributed by atoms with Crippen molar-refractivity contribution in [2.75, 3.05) is 0 Å². The fraction of sp³-hybridized carbons (Fsp3) is 0. The van der Waals surface area contributed by atoms with E-state index in [0.29, 0.717) is 11.4 Å². The van der Waals surface area contributed by atoms with Crippen LogP contribution < -0.4 is 0 Å². The maximum absolute atomic E-state index is 10.6. The SMILES string of the molecule is Oc1cnccc1-c1nc2c(-c3cccc(-c4ccccn4)c3)cccc2n1-c1ccccc1. The molecule has 0 amide bonds. The predicted molar refractivity (Wildman–Crippen MR) is 135 cm³/mol. The Morgan fingerprint density at radius 1 is 0.676 bits per heavy atom. The molecule has 3 aromatic carbocycles. The number of fused-ring (bicyclic) bond motifs is 1. The Morgan fingerprint density at radius 3 is 2.32 bits per heavy atom. The van der Waals surface area contributed by atoms with Gasteiger partial charge in [0.05, 0.1) is 28.5 Å². The van der Waals surface area contributed by atoms with E-state index in [1.807, 2.05) is 60.7 Å². The molecule has 0 radical (unpaired) electrons. The maximum Gasteiger partial charge on any atom is 0.149 e. The van der Waals surface area contributed by atoms with Gasteiger partial charge in [0.15, 0.2) is 0 Å². The number of hydrogen-bond acceptors (Lipinski definition) is 4. The third-order valence-electron chi connectivity index (χ3n) is 5.87. The van der Waals surface area contributed by atoms with E-state index < -0.39 is 0 Å². The van der Waals surface area contributed by atoms with Crippen molar-refractivity contribution in [2.24, 2.45) is 0 Å². The number of benzene rings is 3. The fourth-order valence-corrected chi connectivity index (χ4v) is 4.31. The fourth-order valence-electron chi connectivity index (χ4n) is 4.31. The molecule has 5 nitrogen and oxygen atoms in total. The number of aromatic hydroxyl groups is 1. The highest BCUT2D eigenvalue weighted by Crippen LogP contribution is 2.37. The molecule has 0 saturated carbocycles. The Morgan fingerprint density at radius 2 is 1.50 bits per heavy atom. The van der Waals surface area contributed by atoms with Crippen LogP contribution in [-0.4, -0.2) is 24.6 Å². The van der Waals surface area contributed by atoms with Gasteiger partial charge in [0.2, 0.25) is 0 Å². The van der Waals surface area contributed by atoms with Gasteiger partial charge in [0.1, 0.15) is 11.6 Å². The number of para-hydroxylation sites is 2. The van der Waals surface area contributed by atoms with Gasteiger partial charge in [-0.05, 0) is 48.0 Å². The zero-order chi connectivity index (χ0) is 22.9. The molecule has 6 rings (SSSR count). The number of aromatic nitrogens is 4. The lowest BCUT2D eigenvalue weighted by atomic mass is 10.0. The van der Waals surface area contributed by atoms with Crippen LogP contribution in [0, 0.1) is 0 Å². The van der Waals surface area contributed by atoms with Crippen molar-refractivity contribution in [2.45, 2.75) is 0 Å². The van der Waals surface area contributed by atoms with Gasteiger partial charge in [-0.2, -0.15) is 0 Å². The zero-order valence-electron chi connectivity index (χ0n) is 18.2. The molecule has 0 saturated heterocycles. The summed E-state index contributed by atoms with van der Waals surface area (Å²) >= 11 is 0. The number of pyridine rings is 2. The molecule has 0 spiro atoms. The lowest BCUT2D eigenvalue weighted by Crippen LogP contribution is -1.97. The highest BCUT2D eigenvalue weighted by Gasteiger charge is 2.19. The van der Waals surface area contributed by atoms with Gasteiger partial charge in [-0.15, -0.1) is 0 Å². The summed E-state index contributed by atoms with van der Waals surface area (Å²) in [7, 11) is 0. The van der Waals surface area contributed by atoms with E-state index in [2.05, 4.69) is 44.9 Å². The molecule has 34 heavy (non-hydrogen) atoms. The zero-order valence-corrected chi connectivity index (χ0v) is 18.2. The van der Waals surface area contributed by atoms with Gasteiger partial charge in [-0.3, -0.25) is 14.5 Å². The molecule has 0 bridgehead atoms. The summed E-state index contributed by atoms with van der Waals surface area (Å²) in [5, 5.41) is 10.6. The van der Waals surface area contributed by atoms with E-state index in [-0.39, 0.29) is 5.75 Å². The number of imidazole rings is 1. The first-order chi connectivity index (χ1) is 16.8. The number of nitrogens with zero attached hydrogens (tertiary/aromatic N) is 4. The van der Waals surface area contributed by atoms with Crippen molar-refractivity contribution in [1.29, 1.82) is 0 Å². The van der Waals surface area contributed by atoms with Crippen LogP contribution in [-0.2, 0) is 0 Å². The Labute approximate surface area is 196 Å². The summed E-state index contributed by atoms with van der Waals surface area (Å²) in [6, 6.07) is 32.3. The standard InChI is InChI=1S/C29H20N4O/c34-27-19-30-17-15-24(27)29-32-28-23(12-7-14-26(28)33(29)22-10-2-1-3-11-22)20-8-6-9-21(18-20)25-13-4-5-16-31-25/h1-19,34H. The van der Waals surface area contributed by atoms with Gasteiger partial charge >= 0.3 is 0 Å². The molecule has 0 fully saturated rings. The van der Waals surface area contributed by atoms with Crippen LogP contribution in [0.2, 0.25) is 0 Å². The first-order valence-corrected chi connectivity index (χ1v) is 11.0. The monoisotopic (exact) mass is 440 g/mol. The number of rotatable bonds is 4. The minimum absolute atomic E-state index is 0.0914. The van der Waals surface area contributed by atoms with Crippen LogP contribution in [0.25, 0.3) is 50.5 Å². The van der Waals surface area contributed by atoms with Crippen LogP contribution in [0.3, 0.4) is 0 Å². The van der Waals surface area contributed by atoms with Crippen molar-refractivity contribution >= 4 is 11.0 Å². The first-order valence-electron chi connectivity index (χ1n) is 11.0. The van der Waals surface area contributed by atoms with E-state index in [1.165, 1.54) is 6.20 Å². The summed E-state index contributed by atoms with van der Waals surface area (Å²) < 4.78 is 2.08. The van der Waals surface area contributed by atoms with Crippen LogP contribution in [0.4, 0.5) is 0 Å². The second-order valence-corrected chi connectivity index (χ2v) is 7.97. The summed E-state index contributed by atoms with van der Waals surface area (Å²) in [6.07, 6.45) is 4.92. The van der Waals surface area contributed by atoms with Gasteiger partial charge in [-0.1, -0.05) is 54.6 Å². The molecule has 0 aliphatic heterocycles. The second kappa shape index (κ2) is 8.30. The summed E-state index contributed by atoms with van der Waals surface area (Å²) in [5.74, 6) is 0.753. The molecule has 1 N–H and O–H groups in total. The average Bonchev–Trinajstić information content (AvgIpc) is 3.29. The van der Waals surface area contributed by atoms with E-state index in [4.69, 9.17) is 4.98 Å². The van der Waals surface area contributed by atoms with Crippen molar-refractivity contribution in [1.82, 2.24) is 19.5 Å². The van der Waals surface area contributed by atoms with Crippen molar-refractivity contribution in [3.8, 4) is 45.2 Å². The molecule has 162 valence electrons. The molecule has 0 aliphatic carbocycles. The van der Waals surface area contributed by atoms with Crippen LogP contribution in [0.5, 0.6) is 5.75 Å². The van der Waals surface area contributed by atoms with Crippen molar-refractivity contribution < 1.29 is 5.11 Å². The smallest absolute Gasteiger partial charge is 0.149 e. The molecular weight excluding hydrogens is 420 g/mol. The van der Waals surface area contributed by atoms with E-state index in [9.17, 15) is 5.11 Å². The van der Waals surface area contributed by atoms with Gasteiger partial charge < -0.3 is 5.11 Å². The predicted octanol–water partition coefficient (Wildman–Crippen LogP) is 6.52. The second-order valence-electron chi connectivity index (χ2n) is 7.97. The molecule has 6 aromatic rings. The van der Waals surface area contributed by atoms with Crippen molar-refractivity contribution in [3.05, 3.63) is 116 Å². The quantitative estimate of drug-likeness (QED) is 0.339. The van der Waals surface area contributed by atoms with E-state index >= 15 is 0 Å². The number of hydrogen-bond donors (Lipinski definition) is 1. The summed E-state index contributed by atoms with van der Waals surface area (Å²) in [4.78, 5) is 13.6.